The van der Waals surface area contributed by atoms with Gasteiger partial charge in [-0.3, -0.25) is 0 Å². The van der Waals surface area contributed by atoms with Crippen molar-refractivity contribution in [3.05, 3.63) is 59.7 Å². The summed E-state index contributed by atoms with van der Waals surface area (Å²) in [6, 6.07) is 13.8. The van der Waals surface area contributed by atoms with Crippen molar-refractivity contribution >= 4 is 16.2 Å². The van der Waals surface area contributed by atoms with Crippen LogP contribution in [0.25, 0.3) is 0 Å². The Bertz CT molecular complexity index is 719. The number of ether oxygens (including phenoxy) is 1. The van der Waals surface area contributed by atoms with Gasteiger partial charge >= 0.3 is 0 Å². The summed E-state index contributed by atoms with van der Waals surface area (Å²) in [6.45, 7) is 1.75. The van der Waals surface area contributed by atoms with Gasteiger partial charge in [0.15, 0.2) is 0 Å². The maximum atomic E-state index is 12.1. The molecule has 2 rings (SSSR count). The average molecular weight is 289 g/mol. The Hall–Kier alpha value is -2.14. The number of aryl methyl sites for hydroxylation is 1. The number of hydrogen-bond acceptors (Lipinski definition) is 3. The molecule has 0 amide bonds. The van der Waals surface area contributed by atoms with Crippen LogP contribution in [0.2, 0.25) is 0 Å². The second-order valence-electron chi connectivity index (χ2n) is 4.25. The molecule has 0 spiro atoms. The second kappa shape index (κ2) is 5.88. The molecular formula is C15H15NO3S. The number of nitrogens with zero attached hydrogens (tertiary/aromatic N) is 1. The Balaban J connectivity index is 2.28. The first-order valence-corrected chi connectivity index (χ1v) is 7.47. The molecule has 0 unspecified atom stereocenters. The van der Waals surface area contributed by atoms with E-state index in [0.717, 1.165) is 0 Å². The van der Waals surface area contributed by atoms with Gasteiger partial charge in [-0.15, -0.1) is 0 Å². The molecule has 0 saturated heterocycles. The van der Waals surface area contributed by atoms with Gasteiger partial charge in [-0.25, -0.2) is 0 Å². The zero-order chi connectivity index (χ0) is 14.6. The Morgan fingerprint density at radius 3 is 2.30 bits per heavy atom. The molecule has 2 aromatic rings. The number of rotatable bonds is 4. The van der Waals surface area contributed by atoms with Crippen LogP contribution in [0.5, 0.6) is 5.75 Å². The first-order chi connectivity index (χ1) is 9.53. The van der Waals surface area contributed by atoms with Gasteiger partial charge in [0.1, 0.15) is 5.75 Å². The molecule has 2 aromatic carbocycles. The molecule has 4 nitrogen and oxygen atoms in total. The summed E-state index contributed by atoms with van der Waals surface area (Å²) in [4.78, 5) is 0.227. The Kier molecular flexibility index (Phi) is 4.20. The van der Waals surface area contributed by atoms with E-state index < -0.39 is 10.0 Å². The third-order valence-electron chi connectivity index (χ3n) is 2.83. The van der Waals surface area contributed by atoms with E-state index in [1.54, 1.807) is 62.6 Å². The molecule has 0 radical (unpaired) electrons. The Morgan fingerprint density at radius 2 is 1.70 bits per heavy atom. The van der Waals surface area contributed by atoms with Crippen molar-refractivity contribution in [1.29, 1.82) is 0 Å². The van der Waals surface area contributed by atoms with Gasteiger partial charge in [-0.05, 0) is 48.4 Å². The van der Waals surface area contributed by atoms with Crippen LogP contribution in [0.4, 0.5) is 0 Å². The highest BCUT2D eigenvalue weighted by Gasteiger charge is 2.13. The van der Waals surface area contributed by atoms with E-state index in [4.69, 9.17) is 4.74 Å². The zero-order valence-electron chi connectivity index (χ0n) is 11.3. The van der Waals surface area contributed by atoms with Gasteiger partial charge in [0, 0.05) is 6.21 Å². The fourth-order valence-electron chi connectivity index (χ4n) is 1.72. The molecule has 0 fully saturated rings. The third-order valence-corrected chi connectivity index (χ3v) is 4.22. The predicted octanol–water partition coefficient (Wildman–Crippen LogP) is 2.81. The topological polar surface area (TPSA) is 55.7 Å². The summed E-state index contributed by atoms with van der Waals surface area (Å²) in [5.41, 5.74) is 1.38. The minimum absolute atomic E-state index is 0.227. The molecule has 0 aliphatic carbocycles. The first kappa shape index (κ1) is 14.3. The van der Waals surface area contributed by atoms with Crippen molar-refractivity contribution in [2.24, 2.45) is 4.40 Å². The van der Waals surface area contributed by atoms with Crippen LogP contribution in [0.15, 0.2) is 57.8 Å². The van der Waals surface area contributed by atoms with Crippen LogP contribution in [-0.2, 0) is 10.0 Å². The molecule has 0 aliphatic rings. The summed E-state index contributed by atoms with van der Waals surface area (Å²) >= 11 is 0. The zero-order valence-corrected chi connectivity index (χ0v) is 12.1. The van der Waals surface area contributed by atoms with Crippen LogP contribution < -0.4 is 4.74 Å². The first-order valence-electron chi connectivity index (χ1n) is 6.03. The van der Waals surface area contributed by atoms with Gasteiger partial charge in [-0.2, -0.15) is 12.8 Å². The lowest BCUT2D eigenvalue weighted by atomic mass is 10.2. The van der Waals surface area contributed by atoms with E-state index in [2.05, 4.69) is 4.40 Å². The number of sulfonamides is 1. The van der Waals surface area contributed by atoms with Gasteiger partial charge in [-0.1, -0.05) is 18.2 Å². The maximum Gasteiger partial charge on any atom is 0.282 e. The molecule has 104 valence electrons. The van der Waals surface area contributed by atoms with Gasteiger partial charge in [0.2, 0.25) is 0 Å². The molecule has 0 atom stereocenters. The summed E-state index contributed by atoms with van der Waals surface area (Å²) in [7, 11) is -2.09. The quantitative estimate of drug-likeness (QED) is 0.813. The molecule has 0 heterocycles. The lowest BCUT2D eigenvalue weighted by Gasteiger charge is -2.02. The van der Waals surface area contributed by atoms with Crippen molar-refractivity contribution < 1.29 is 13.2 Å². The molecule has 0 bridgehead atoms. The van der Waals surface area contributed by atoms with E-state index in [1.807, 2.05) is 0 Å². The van der Waals surface area contributed by atoms with Gasteiger partial charge in [0.05, 0.1) is 12.0 Å². The lowest BCUT2D eigenvalue weighted by molar-refractivity contribution is 0.415. The number of benzene rings is 2. The van der Waals surface area contributed by atoms with Crippen LogP contribution in [0, 0.1) is 6.92 Å². The SMILES string of the molecule is COc1ccc(/C=N/S(=O)(=O)c2ccccc2C)cc1. The Morgan fingerprint density at radius 1 is 1.05 bits per heavy atom. The highest BCUT2D eigenvalue weighted by Crippen LogP contribution is 2.17. The lowest BCUT2D eigenvalue weighted by Crippen LogP contribution is -2.00. The summed E-state index contributed by atoms with van der Waals surface area (Å²) in [6.07, 6.45) is 1.33. The number of hydrogen-bond donors (Lipinski definition) is 0. The van der Waals surface area contributed by atoms with Crippen molar-refractivity contribution in [3.8, 4) is 5.75 Å². The fraction of sp³-hybridized carbons (Fsp3) is 0.133. The standard InChI is InChI=1S/C15H15NO3S/c1-12-5-3-4-6-15(12)20(17,18)16-11-13-7-9-14(19-2)10-8-13/h3-11H,1-2H3/b16-11+. The smallest absolute Gasteiger partial charge is 0.282 e. The van der Waals surface area contributed by atoms with Crippen LogP contribution in [-0.4, -0.2) is 21.7 Å². The van der Waals surface area contributed by atoms with E-state index in [0.29, 0.717) is 16.9 Å². The van der Waals surface area contributed by atoms with Gasteiger partial charge < -0.3 is 4.74 Å². The number of methoxy groups -OCH3 is 1. The summed E-state index contributed by atoms with van der Waals surface area (Å²) < 4.78 is 33.0. The highest BCUT2D eigenvalue weighted by atomic mass is 32.2. The largest absolute Gasteiger partial charge is 0.497 e. The summed E-state index contributed by atoms with van der Waals surface area (Å²) in [5, 5.41) is 0. The van der Waals surface area contributed by atoms with Crippen LogP contribution in [0.3, 0.4) is 0 Å². The highest BCUT2D eigenvalue weighted by molar-refractivity contribution is 7.90. The molecule has 0 aliphatic heterocycles. The normalized spacial score (nSPS) is 11.7. The fourth-order valence-corrected chi connectivity index (χ4v) is 2.82. The van der Waals surface area contributed by atoms with E-state index >= 15 is 0 Å². The van der Waals surface area contributed by atoms with E-state index in [9.17, 15) is 8.42 Å². The van der Waals surface area contributed by atoms with Crippen molar-refractivity contribution in [3.63, 3.8) is 0 Å². The average Bonchev–Trinajstić information content (AvgIpc) is 2.46. The second-order valence-corrected chi connectivity index (χ2v) is 5.85. The molecule has 0 aromatic heterocycles. The van der Waals surface area contributed by atoms with E-state index in [-0.39, 0.29) is 4.90 Å². The summed E-state index contributed by atoms with van der Waals surface area (Å²) in [5.74, 6) is 0.712. The molecule has 0 saturated carbocycles. The molecule has 20 heavy (non-hydrogen) atoms. The van der Waals surface area contributed by atoms with E-state index in [1.165, 1.54) is 6.21 Å². The molecule has 0 N–H and O–H groups in total. The Labute approximate surface area is 118 Å². The van der Waals surface area contributed by atoms with Crippen molar-refractivity contribution in [1.82, 2.24) is 0 Å². The molecule has 5 heteroatoms. The predicted molar refractivity (Wildman–Crippen MR) is 79.0 cm³/mol. The van der Waals surface area contributed by atoms with Crippen molar-refractivity contribution in [2.75, 3.05) is 7.11 Å². The molecular weight excluding hydrogens is 274 g/mol. The van der Waals surface area contributed by atoms with Crippen molar-refractivity contribution in [2.45, 2.75) is 11.8 Å². The maximum absolute atomic E-state index is 12.1. The van der Waals surface area contributed by atoms with Crippen LogP contribution >= 0.6 is 0 Å². The monoisotopic (exact) mass is 289 g/mol. The minimum atomic E-state index is -3.67. The van der Waals surface area contributed by atoms with Crippen LogP contribution in [0.1, 0.15) is 11.1 Å². The third kappa shape index (κ3) is 3.24. The van der Waals surface area contributed by atoms with Gasteiger partial charge in [0.25, 0.3) is 10.0 Å². The minimum Gasteiger partial charge on any atom is -0.497 e.